The molecule has 1 atom stereocenters. The average Bonchev–Trinajstić information content (AvgIpc) is 3.39. The standard InChI is InChI=1S/C27H28N6O2/c1-18(2)14-27(21-9-4-3-5-10-21)25(35)33(26(28)31-27)15-19-7-6-8-20(13-19)24(34)32-16-22-23(17-32)30-12-11-29-22/h3-13,18H,14-17H2,1-2H3,(H2,28,31). The summed E-state index contributed by atoms with van der Waals surface area (Å²) >= 11 is 0. The van der Waals surface area contributed by atoms with Crippen LogP contribution in [0.25, 0.3) is 0 Å². The summed E-state index contributed by atoms with van der Waals surface area (Å²) in [4.78, 5) is 38.8. The van der Waals surface area contributed by atoms with E-state index in [1.807, 2.05) is 42.5 Å². The zero-order valence-corrected chi connectivity index (χ0v) is 19.9. The lowest BCUT2D eigenvalue weighted by Crippen LogP contribution is -2.45. The largest absolute Gasteiger partial charge is 0.338 e. The van der Waals surface area contributed by atoms with Gasteiger partial charge in [-0.3, -0.25) is 29.9 Å². The number of guanidine groups is 1. The Kier molecular flexibility index (Phi) is 5.80. The summed E-state index contributed by atoms with van der Waals surface area (Å²) in [6.45, 7) is 5.22. The van der Waals surface area contributed by atoms with Crippen molar-refractivity contribution in [3.05, 3.63) is 95.1 Å². The Bertz CT molecular complexity index is 1270. The lowest BCUT2D eigenvalue weighted by molar-refractivity contribution is -0.132. The lowest BCUT2D eigenvalue weighted by atomic mass is 9.82. The molecule has 1 fully saturated rings. The average molecular weight is 469 g/mol. The number of benzene rings is 2. The van der Waals surface area contributed by atoms with Crippen LogP contribution in [0.2, 0.25) is 0 Å². The van der Waals surface area contributed by atoms with E-state index in [2.05, 4.69) is 29.1 Å². The number of nitrogens with one attached hydrogen (secondary N) is 2. The van der Waals surface area contributed by atoms with Crippen LogP contribution in [-0.4, -0.2) is 37.5 Å². The molecule has 0 spiro atoms. The van der Waals surface area contributed by atoms with Crippen molar-refractivity contribution in [2.45, 2.75) is 45.4 Å². The summed E-state index contributed by atoms with van der Waals surface area (Å²) in [5.41, 5.74) is 2.85. The first-order valence-electron chi connectivity index (χ1n) is 11.8. The van der Waals surface area contributed by atoms with Crippen LogP contribution < -0.4 is 5.32 Å². The number of aromatic nitrogens is 2. The van der Waals surface area contributed by atoms with Gasteiger partial charge in [-0.15, -0.1) is 0 Å². The van der Waals surface area contributed by atoms with Crippen molar-refractivity contribution >= 4 is 17.8 Å². The van der Waals surface area contributed by atoms with Gasteiger partial charge in [0.2, 0.25) is 0 Å². The zero-order valence-electron chi connectivity index (χ0n) is 19.9. The number of hydrogen-bond donors (Lipinski definition) is 2. The minimum Gasteiger partial charge on any atom is -0.338 e. The third kappa shape index (κ3) is 4.16. The van der Waals surface area contributed by atoms with Gasteiger partial charge in [-0.1, -0.05) is 56.3 Å². The topological polar surface area (TPSA) is 102 Å². The summed E-state index contributed by atoms with van der Waals surface area (Å²) in [6, 6.07) is 16.9. The molecule has 2 aromatic carbocycles. The fourth-order valence-electron chi connectivity index (χ4n) is 4.98. The number of fused-ring (bicyclic) bond motifs is 1. The Morgan fingerprint density at radius 1 is 1.06 bits per heavy atom. The maximum absolute atomic E-state index is 13.8. The maximum Gasteiger partial charge on any atom is 0.260 e. The summed E-state index contributed by atoms with van der Waals surface area (Å²) in [5, 5.41) is 11.8. The predicted molar refractivity (Wildman–Crippen MR) is 131 cm³/mol. The van der Waals surface area contributed by atoms with Crippen LogP contribution in [0.5, 0.6) is 0 Å². The number of nitrogens with zero attached hydrogens (tertiary/aromatic N) is 4. The molecule has 1 saturated heterocycles. The molecule has 3 heterocycles. The van der Waals surface area contributed by atoms with Crippen LogP contribution in [0.1, 0.15) is 53.1 Å². The van der Waals surface area contributed by atoms with Gasteiger partial charge in [0.1, 0.15) is 5.54 Å². The van der Waals surface area contributed by atoms with Crippen LogP contribution in [0.3, 0.4) is 0 Å². The highest BCUT2D eigenvalue weighted by molar-refractivity contribution is 6.08. The first-order valence-corrected chi connectivity index (χ1v) is 11.8. The Balaban J connectivity index is 1.37. The molecule has 8 heteroatoms. The van der Waals surface area contributed by atoms with Crippen molar-refractivity contribution in [3.8, 4) is 0 Å². The summed E-state index contributed by atoms with van der Waals surface area (Å²) in [6.07, 6.45) is 3.85. The van der Waals surface area contributed by atoms with Crippen molar-refractivity contribution < 1.29 is 9.59 Å². The number of carbonyl (C=O) groups excluding carboxylic acids is 2. The van der Waals surface area contributed by atoms with Crippen molar-refractivity contribution in [3.63, 3.8) is 0 Å². The van der Waals surface area contributed by atoms with Crippen molar-refractivity contribution in [1.82, 2.24) is 25.1 Å². The second-order valence-electron chi connectivity index (χ2n) is 9.55. The van der Waals surface area contributed by atoms with Gasteiger partial charge in [0.25, 0.3) is 11.8 Å². The van der Waals surface area contributed by atoms with Gasteiger partial charge < -0.3 is 10.2 Å². The Hall–Kier alpha value is -4.07. The highest BCUT2D eigenvalue weighted by Crippen LogP contribution is 2.35. The second-order valence-corrected chi connectivity index (χ2v) is 9.55. The van der Waals surface area contributed by atoms with Crippen LogP contribution in [0, 0.1) is 11.3 Å². The molecule has 0 radical (unpaired) electrons. The number of rotatable bonds is 6. The molecular formula is C27H28N6O2. The summed E-state index contributed by atoms with van der Waals surface area (Å²) in [5.74, 6) is 0.0644. The molecule has 178 valence electrons. The van der Waals surface area contributed by atoms with E-state index in [0.29, 0.717) is 25.1 Å². The fourth-order valence-corrected chi connectivity index (χ4v) is 4.98. The van der Waals surface area contributed by atoms with Crippen molar-refractivity contribution in [2.75, 3.05) is 0 Å². The van der Waals surface area contributed by atoms with E-state index in [1.165, 1.54) is 4.90 Å². The molecule has 2 amide bonds. The Labute approximate surface area is 204 Å². The molecule has 2 aliphatic rings. The van der Waals surface area contributed by atoms with Gasteiger partial charge in [0, 0.05) is 18.0 Å². The van der Waals surface area contributed by atoms with Gasteiger partial charge in [-0.2, -0.15) is 0 Å². The minimum absolute atomic E-state index is 0.0726. The molecule has 3 aromatic rings. The maximum atomic E-state index is 13.8. The molecule has 0 saturated carbocycles. The summed E-state index contributed by atoms with van der Waals surface area (Å²) < 4.78 is 0. The van der Waals surface area contributed by atoms with Crippen LogP contribution in [0.4, 0.5) is 0 Å². The highest BCUT2D eigenvalue weighted by atomic mass is 16.2. The Morgan fingerprint density at radius 3 is 2.40 bits per heavy atom. The molecule has 0 aliphatic carbocycles. The zero-order chi connectivity index (χ0) is 24.6. The van der Waals surface area contributed by atoms with Gasteiger partial charge in [0.15, 0.2) is 5.96 Å². The van der Waals surface area contributed by atoms with Crippen molar-refractivity contribution in [1.29, 1.82) is 5.41 Å². The third-order valence-electron chi connectivity index (χ3n) is 6.54. The normalized spacial score (nSPS) is 19.3. The van der Waals surface area contributed by atoms with Gasteiger partial charge in [-0.25, -0.2) is 0 Å². The molecular weight excluding hydrogens is 440 g/mol. The van der Waals surface area contributed by atoms with Gasteiger partial charge in [-0.05, 0) is 35.6 Å². The monoisotopic (exact) mass is 468 g/mol. The molecule has 8 nitrogen and oxygen atoms in total. The van der Waals surface area contributed by atoms with Crippen LogP contribution in [-0.2, 0) is 30.0 Å². The molecule has 2 aliphatic heterocycles. The molecule has 1 unspecified atom stereocenters. The smallest absolute Gasteiger partial charge is 0.260 e. The third-order valence-corrected chi connectivity index (χ3v) is 6.54. The summed E-state index contributed by atoms with van der Waals surface area (Å²) in [7, 11) is 0. The van der Waals surface area contributed by atoms with Gasteiger partial charge >= 0.3 is 0 Å². The molecule has 2 N–H and O–H groups in total. The van der Waals surface area contributed by atoms with Crippen LogP contribution >= 0.6 is 0 Å². The van der Waals surface area contributed by atoms with E-state index in [4.69, 9.17) is 5.41 Å². The van der Waals surface area contributed by atoms with E-state index < -0.39 is 5.54 Å². The van der Waals surface area contributed by atoms with Crippen molar-refractivity contribution in [2.24, 2.45) is 5.92 Å². The molecule has 1 aromatic heterocycles. The number of hydrogen-bond acceptors (Lipinski definition) is 5. The first kappa shape index (κ1) is 22.7. The number of carbonyl (C=O) groups is 2. The van der Waals surface area contributed by atoms with Crippen LogP contribution in [0.15, 0.2) is 67.0 Å². The SMILES string of the molecule is CC(C)CC1(c2ccccc2)NC(=N)N(Cc2cccc(C(=O)N3Cc4nccnc4C3)c2)C1=O. The van der Waals surface area contributed by atoms with E-state index in [9.17, 15) is 9.59 Å². The molecule has 0 bridgehead atoms. The Morgan fingerprint density at radius 2 is 1.74 bits per heavy atom. The first-order chi connectivity index (χ1) is 16.9. The number of amides is 2. The minimum atomic E-state index is -0.971. The highest BCUT2D eigenvalue weighted by Gasteiger charge is 2.50. The van der Waals surface area contributed by atoms with E-state index in [1.54, 1.807) is 29.4 Å². The second kappa shape index (κ2) is 8.94. The predicted octanol–water partition coefficient (Wildman–Crippen LogP) is 3.44. The molecule has 35 heavy (non-hydrogen) atoms. The lowest BCUT2D eigenvalue weighted by Gasteiger charge is -2.29. The quantitative estimate of drug-likeness (QED) is 0.577. The van der Waals surface area contributed by atoms with E-state index in [0.717, 1.165) is 22.5 Å². The van der Waals surface area contributed by atoms with E-state index >= 15 is 0 Å². The molecule has 5 rings (SSSR count). The van der Waals surface area contributed by atoms with Gasteiger partial charge in [0.05, 0.1) is 31.0 Å². The van der Waals surface area contributed by atoms with E-state index in [-0.39, 0.29) is 30.2 Å². The fraction of sp³-hybridized carbons (Fsp3) is 0.296.